The second-order valence-electron chi connectivity index (χ2n) is 6.26. The topological polar surface area (TPSA) is 74.0 Å². The van der Waals surface area contributed by atoms with E-state index in [1.54, 1.807) is 6.92 Å². The van der Waals surface area contributed by atoms with Crippen molar-refractivity contribution in [2.45, 2.75) is 39.8 Å². The zero-order chi connectivity index (χ0) is 15.6. The maximum atomic E-state index is 11.7. The first kappa shape index (κ1) is 15.1. The lowest BCUT2D eigenvalue weighted by molar-refractivity contribution is 0.231. The first-order valence-electron chi connectivity index (χ1n) is 6.93. The SMILES string of the molecule is Cc1cc2cc(CNC(=O)NC(C)(C)C)ccc2[nH]c1=O. The predicted molar refractivity (Wildman–Crippen MR) is 84.4 cm³/mol. The second kappa shape index (κ2) is 5.60. The first-order chi connectivity index (χ1) is 9.74. The molecule has 0 aliphatic carbocycles. The summed E-state index contributed by atoms with van der Waals surface area (Å²) in [6.45, 7) is 8.02. The van der Waals surface area contributed by atoms with Crippen molar-refractivity contribution in [2.24, 2.45) is 0 Å². The van der Waals surface area contributed by atoms with Gasteiger partial charge in [0.25, 0.3) is 5.56 Å². The van der Waals surface area contributed by atoms with E-state index >= 15 is 0 Å². The molecule has 5 heteroatoms. The van der Waals surface area contributed by atoms with Gasteiger partial charge in [0.05, 0.1) is 0 Å². The number of aromatic amines is 1. The summed E-state index contributed by atoms with van der Waals surface area (Å²) in [5.74, 6) is 0. The van der Waals surface area contributed by atoms with Crippen LogP contribution in [0.1, 0.15) is 31.9 Å². The highest BCUT2D eigenvalue weighted by Gasteiger charge is 2.12. The van der Waals surface area contributed by atoms with Crippen LogP contribution in [0.15, 0.2) is 29.1 Å². The number of aryl methyl sites for hydroxylation is 1. The Morgan fingerprint density at radius 3 is 2.62 bits per heavy atom. The molecule has 0 spiro atoms. The van der Waals surface area contributed by atoms with Crippen LogP contribution >= 0.6 is 0 Å². The van der Waals surface area contributed by atoms with Crippen molar-refractivity contribution in [3.8, 4) is 0 Å². The van der Waals surface area contributed by atoms with Crippen molar-refractivity contribution in [1.82, 2.24) is 15.6 Å². The summed E-state index contributed by atoms with van der Waals surface area (Å²) in [6, 6.07) is 7.38. The van der Waals surface area contributed by atoms with E-state index in [2.05, 4.69) is 15.6 Å². The quantitative estimate of drug-likeness (QED) is 0.793. The number of carbonyl (C=O) groups excluding carboxylic acids is 1. The minimum Gasteiger partial charge on any atom is -0.334 e. The number of amides is 2. The van der Waals surface area contributed by atoms with Crippen LogP contribution < -0.4 is 16.2 Å². The molecule has 2 rings (SSSR count). The van der Waals surface area contributed by atoms with Crippen LogP contribution in [0.25, 0.3) is 10.9 Å². The Kier molecular flexibility index (Phi) is 4.02. The molecule has 2 amide bonds. The number of H-pyrrole nitrogens is 1. The number of urea groups is 1. The minimum atomic E-state index is -0.260. The van der Waals surface area contributed by atoms with Crippen LogP contribution in [0.2, 0.25) is 0 Å². The van der Waals surface area contributed by atoms with Crippen molar-refractivity contribution < 1.29 is 4.79 Å². The van der Waals surface area contributed by atoms with E-state index in [4.69, 9.17) is 0 Å². The lowest BCUT2D eigenvalue weighted by atomic mass is 10.1. The van der Waals surface area contributed by atoms with Gasteiger partial charge in [0, 0.05) is 23.2 Å². The lowest BCUT2D eigenvalue weighted by Gasteiger charge is -2.20. The molecule has 112 valence electrons. The third kappa shape index (κ3) is 4.08. The standard InChI is InChI=1S/C16H21N3O2/c1-10-7-12-8-11(5-6-13(12)18-14(10)20)9-17-15(21)19-16(2,3)4/h5-8H,9H2,1-4H3,(H,18,20)(H2,17,19,21). The molecule has 1 heterocycles. The van der Waals surface area contributed by atoms with Crippen molar-refractivity contribution >= 4 is 16.9 Å². The Morgan fingerprint density at radius 1 is 1.24 bits per heavy atom. The summed E-state index contributed by atoms with van der Waals surface area (Å²) in [4.78, 5) is 26.1. The summed E-state index contributed by atoms with van der Waals surface area (Å²) in [5.41, 5.74) is 2.13. The van der Waals surface area contributed by atoms with E-state index in [-0.39, 0.29) is 17.1 Å². The van der Waals surface area contributed by atoms with Gasteiger partial charge >= 0.3 is 6.03 Å². The number of fused-ring (bicyclic) bond motifs is 1. The number of carbonyl (C=O) groups is 1. The molecule has 0 saturated heterocycles. The summed E-state index contributed by atoms with van der Waals surface area (Å²) >= 11 is 0. The van der Waals surface area contributed by atoms with E-state index in [1.807, 2.05) is 45.0 Å². The number of hydrogen-bond acceptors (Lipinski definition) is 2. The molecule has 0 unspecified atom stereocenters. The second-order valence-corrected chi connectivity index (χ2v) is 6.26. The summed E-state index contributed by atoms with van der Waals surface area (Å²) < 4.78 is 0. The molecule has 1 aromatic heterocycles. The largest absolute Gasteiger partial charge is 0.334 e. The van der Waals surface area contributed by atoms with Crippen molar-refractivity contribution in [2.75, 3.05) is 0 Å². The average molecular weight is 287 g/mol. The summed E-state index contributed by atoms with van der Waals surface area (Å²) in [5, 5.41) is 6.63. The van der Waals surface area contributed by atoms with Gasteiger partial charge in [0.15, 0.2) is 0 Å². The highest BCUT2D eigenvalue weighted by Crippen LogP contribution is 2.13. The molecule has 0 bridgehead atoms. The Morgan fingerprint density at radius 2 is 1.95 bits per heavy atom. The third-order valence-electron chi connectivity index (χ3n) is 3.04. The Hall–Kier alpha value is -2.30. The van der Waals surface area contributed by atoms with E-state index in [0.717, 1.165) is 16.5 Å². The third-order valence-corrected chi connectivity index (χ3v) is 3.04. The Bertz CT molecular complexity index is 726. The molecule has 0 aliphatic rings. The number of nitrogens with one attached hydrogen (secondary N) is 3. The Labute approximate surface area is 123 Å². The zero-order valence-electron chi connectivity index (χ0n) is 12.8. The summed E-state index contributed by atoms with van der Waals surface area (Å²) in [6.07, 6.45) is 0. The van der Waals surface area contributed by atoms with E-state index in [0.29, 0.717) is 12.1 Å². The molecule has 0 radical (unpaired) electrons. The lowest BCUT2D eigenvalue weighted by Crippen LogP contribution is -2.46. The first-order valence-corrected chi connectivity index (χ1v) is 6.93. The molecule has 0 fully saturated rings. The van der Waals surface area contributed by atoms with Crippen molar-refractivity contribution in [1.29, 1.82) is 0 Å². The molecule has 3 N–H and O–H groups in total. The molecule has 1 aromatic carbocycles. The molecular weight excluding hydrogens is 266 g/mol. The van der Waals surface area contributed by atoms with Crippen LogP contribution in [0, 0.1) is 6.92 Å². The van der Waals surface area contributed by atoms with E-state index in [9.17, 15) is 9.59 Å². The maximum Gasteiger partial charge on any atom is 0.315 e. The summed E-state index contributed by atoms with van der Waals surface area (Å²) in [7, 11) is 0. The number of rotatable bonds is 2. The highest BCUT2D eigenvalue weighted by atomic mass is 16.2. The molecule has 0 atom stereocenters. The molecule has 21 heavy (non-hydrogen) atoms. The van der Waals surface area contributed by atoms with Crippen LogP contribution in [0.5, 0.6) is 0 Å². The van der Waals surface area contributed by atoms with E-state index in [1.165, 1.54) is 0 Å². The van der Waals surface area contributed by atoms with Gasteiger partial charge in [-0.05, 0) is 56.8 Å². The van der Waals surface area contributed by atoms with Gasteiger partial charge in [-0.3, -0.25) is 4.79 Å². The van der Waals surface area contributed by atoms with Crippen LogP contribution in [0.4, 0.5) is 4.79 Å². The van der Waals surface area contributed by atoms with Crippen molar-refractivity contribution in [3.63, 3.8) is 0 Å². The van der Waals surface area contributed by atoms with Gasteiger partial charge in [-0.25, -0.2) is 4.79 Å². The Balaban J connectivity index is 2.11. The fourth-order valence-corrected chi connectivity index (χ4v) is 2.04. The van der Waals surface area contributed by atoms with Gasteiger partial charge in [0.1, 0.15) is 0 Å². The number of aromatic nitrogens is 1. The van der Waals surface area contributed by atoms with Crippen molar-refractivity contribution in [3.05, 3.63) is 45.7 Å². The normalized spacial score (nSPS) is 11.4. The number of hydrogen-bond donors (Lipinski definition) is 3. The predicted octanol–water partition coefficient (Wildman–Crippen LogP) is 2.43. The smallest absolute Gasteiger partial charge is 0.315 e. The fraction of sp³-hybridized carbons (Fsp3) is 0.375. The molecule has 2 aromatic rings. The van der Waals surface area contributed by atoms with Crippen LogP contribution in [-0.4, -0.2) is 16.6 Å². The van der Waals surface area contributed by atoms with Gasteiger partial charge in [0.2, 0.25) is 0 Å². The maximum absolute atomic E-state index is 11.7. The van der Waals surface area contributed by atoms with Gasteiger partial charge < -0.3 is 15.6 Å². The molecule has 0 aliphatic heterocycles. The van der Waals surface area contributed by atoms with Gasteiger partial charge in [-0.15, -0.1) is 0 Å². The minimum absolute atomic E-state index is 0.0714. The molecular formula is C16H21N3O2. The van der Waals surface area contributed by atoms with Crippen LogP contribution in [-0.2, 0) is 6.54 Å². The van der Waals surface area contributed by atoms with Gasteiger partial charge in [-0.1, -0.05) is 6.07 Å². The average Bonchev–Trinajstić information content (AvgIpc) is 2.36. The highest BCUT2D eigenvalue weighted by molar-refractivity contribution is 5.80. The van der Waals surface area contributed by atoms with E-state index < -0.39 is 0 Å². The number of benzene rings is 1. The monoisotopic (exact) mass is 287 g/mol. The zero-order valence-corrected chi connectivity index (χ0v) is 12.8. The van der Waals surface area contributed by atoms with Crippen LogP contribution in [0.3, 0.4) is 0 Å². The molecule has 5 nitrogen and oxygen atoms in total. The number of pyridine rings is 1. The fourth-order valence-electron chi connectivity index (χ4n) is 2.04. The van der Waals surface area contributed by atoms with Gasteiger partial charge in [-0.2, -0.15) is 0 Å². The molecule has 0 saturated carbocycles.